The number of carbonyl (C=O) groups is 2. The van der Waals surface area contributed by atoms with Crippen molar-refractivity contribution in [3.63, 3.8) is 0 Å². The fourth-order valence-electron chi connectivity index (χ4n) is 2.24. The van der Waals surface area contributed by atoms with Crippen LogP contribution in [0.1, 0.15) is 36.5 Å². The third kappa shape index (κ3) is 2.23. The van der Waals surface area contributed by atoms with Gasteiger partial charge in [-0.3, -0.25) is 9.59 Å². The minimum absolute atomic E-state index is 0.0718. The van der Waals surface area contributed by atoms with Gasteiger partial charge in [-0.05, 0) is 19.8 Å². The van der Waals surface area contributed by atoms with Gasteiger partial charge >= 0.3 is 0 Å². The van der Waals surface area contributed by atoms with Crippen LogP contribution in [0.15, 0.2) is 30.3 Å². The average molecular weight is 231 g/mol. The maximum absolute atomic E-state index is 12.4. The van der Waals surface area contributed by atoms with Gasteiger partial charge in [-0.25, -0.2) is 0 Å². The van der Waals surface area contributed by atoms with E-state index < -0.39 is 5.41 Å². The smallest absolute Gasteiger partial charge is 0.233 e. The highest BCUT2D eigenvalue weighted by molar-refractivity contribution is 6.13. The van der Waals surface area contributed by atoms with Crippen LogP contribution in [0.5, 0.6) is 0 Å². The van der Waals surface area contributed by atoms with Gasteiger partial charge in [0, 0.05) is 12.1 Å². The fourth-order valence-corrected chi connectivity index (χ4v) is 2.24. The normalized spacial score (nSPS) is 24.9. The first-order valence-corrected chi connectivity index (χ1v) is 6.03. The predicted molar refractivity (Wildman–Crippen MR) is 65.7 cm³/mol. The molecule has 1 unspecified atom stereocenters. The highest BCUT2D eigenvalue weighted by Gasteiger charge is 2.41. The molecule has 1 aromatic rings. The third-order valence-corrected chi connectivity index (χ3v) is 3.43. The van der Waals surface area contributed by atoms with E-state index in [1.807, 2.05) is 18.2 Å². The highest BCUT2D eigenvalue weighted by atomic mass is 16.2. The Labute approximate surface area is 101 Å². The van der Waals surface area contributed by atoms with Crippen LogP contribution in [-0.2, 0) is 4.79 Å². The molecule has 0 aromatic heterocycles. The molecule has 1 amide bonds. The number of hydrogen-bond acceptors (Lipinski definition) is 2. The molecule has 3 heteroatoms. The van der Waals surface area contributed by atoms with Gasteiger partial charge < -0.3 is 5.32 Å². The SMILES string of the molecule is CC1(C(=O)c2ccccc2)CCCCNC1=O. The Morgan fingerprint density at radius 1 is 1.24 bits per heavy atom. The molecule has 0 bridgehead atoms. The molecular formula is C14H17NO2. The van der Waals surface area contributed by atoms with Gasteiger partial charge in [0.25, 0.3) is 0 Å². The predicted octanol–water partition coefficient (Wildman–Crippen LogP) is 2.18. The van der Waals surface area contributed by atoms with Crippen molar-refractivity contribution in [2.75, 3.05) is 6.54 Å². The first-order valence-electron chi connectivity index (χ1n) is 6.03. The van der Waals surface area contributed by atoms with Crippen molar-refractivity contribution in [2.24, 2.45) is 5.41 Å². The minimum Gasteiger partial charge on any atom is -0.355 e. The summed E-state index contributed by atoms with van der Waals surface area (Å²) in [6.45, 7) is 2.43. The maximum atomic E-state index is 12.4. The molecule has 3 nitrogen and oxygen atoms in total. The molecule has 1 heterocycles. The first kappa shape index (κ1) is 11.8. The monoisotopic (exact) mass is 231 g/mol. The van der Waals surface area contributed by atoms with Crippen molar-refractivity contribution in [1.29, 1.82) is 0 Å². The van der Waals surface area contributed by atoms with Crippen molar-refractivity contribution in [3.05, 3.63) is 35.9 Å². The Balaban J connectivity index is 2.30. The van der Waals surface area contributed by atoms with Crippen LogP contribution in [0, 0.1) is 5.41 Å². The van der Waals surface area contributed by atoms with E-state index in [1.165, 1.54) is 0 Å². The third-order valence-electron chi connectivity index (χ3n) is 3.43. The molecule has 1 aliphatic heterocycles. The fraction of sp³-hybridized carbons (Fsp3) is 0.429. The van der Waals surface area contributed by atoms with Crippen LogP contribution in [0.4, 0.5) is 0 Å². The van der Waals surface area contributed by atoms with Crippen molar-refractivity contribution >= 4 is 11.7 Å². The second-order valence-corrected chi connectivity index (χ2v) is 4.74. The zero-order valence-electron chi connectivity index (χ0n) is 10.0. The van der Waals surface area contributed by atoms with Crippen LogP contribution in [0.25, 0.3) is 0 Å². The number of Topliss-reactive ketones (excluding diaryl/α,β-unsaturated/α-hetero) is 1. The summed E-state index contributed by atoms with van der Waals surface area (Å²) in [6.07, 6.45) is 2.49. The number of carbonyl (C=O) groups excluding carboxylic acids is 2. The topological polar surface area (TPSA) is 46.2 Å². The Hall–Kier alpha value is -1.64. The van der Waals surface area contributed by atoms with Crippen molar-refractivity contribution in [1.82, 2.24) is 5.32 Å². The van der Waals surface area contributed by atoms with Gasteiger partial charge in [-0.2, -0.15) is 0 Å². The Kier molecular flexibility index (Phi) is 3.27. The average Bonchev–Trinajstić information content (AvgIpc) is 2.53. The summed E-state index contributed by atoms with van der Waals surface area (Å²) in [5.41, 5.74) is -0.287. The molecule has 0 spiro atoms. The largest absolute Gasteiger partial charge is 0.355 e. The van der Waals surface area contributed by atoms with Crippen molar-refractivity contribution in [3.8, 4) is 0 Å². The number of amides is 1. The second-order valence-electron chi connectivity index (χ2n) is 4.74. The van der Waals surface area contributed by atoms with E-state index in [-0.39, 0.29) is 11.7 Å². The Morgan fingerprint density at radius 3 is 2.65 bits per heavy atom. The van der Waals surface area contributed by atoms with Gasteiger partial charge in [-0.1, -0.05) is 36.8 Å². The van der Waals surface area contributed by atoms with Crippen LogP contribution >= 0.6 is 0 Å². The molecule has 2 rings (SSSR count). The molecule has 1 N–H and O–H groups in total. The number of hydrogen-bond donors (Lipinski definition) is 1. The summed E-state index contributed by atoms with van der Waals surface area (Å²) >= 11 is 0. The standard InChI is InChI=1S/C14H17NO2/c1-14(9-5-6-10-15-13(14)17)12(16)11-7-3-2-4-8-11/h2-4,7-8H,5-6,9-10H2,1H3,(H,15,17). The quantitative estimate of drug-likeness (QED) is 0.626. The molecule has 90 valence electrons. The van der Waals surface area contributed by atoms with Crippen LogP contribution in [0.3, 0.4) is 0 Å². The molecule has 1 aliphatic rings. The van der Waals surface area contributed by atoms with Crippen molar-refractivity contribution in [2.45, 2.75) is 26.2 Å². The molecular weight excluding hydrogens is 214 g/mol. The number of nitrogens with one attached hydrogen (secondary N) is 1. The lowest BCUT2D eigenvalue weighted by Crippen LogP contribution is -2.43. The lowest BCUT2D eigenvalue weighted by Gasteiger charge is -2.24. The zero-order chi connectivity index (χ0) is 12.3. The number of ketones is 1. The lowest BCUT2D eigenvalue weighted by atomic mass is 9.78. The molecule has 0 radical (unpaired) electrons. The summed E-state index contributed by atoms with van der Waals surface area (Å²) < 4.78 is 0. The number of benzene rings is 1. The van der Waals surface area contributed by atoms with E-state index in [2.05, 4.69) is 5.32 Å². The molecule has 17 heavy (non-hydrogen) atoms. The molecule has 0 aliphatic carbocycles. The summed E-state index contributed by atoms with van der Waals surface area (Å²) in [4.78, 5) is 24.4. The van der Waals surface area contributed by atoms with E-state index in [4.69, 9.17) is 0 Å². The summed E-state index contributed by atoms with van der Waals surface area (Å²) in [5, 5.41) is 2.83. The lowest BCUT2D eigenvalue weighted by molar-refractivity contribution is -0.127. The van der Waals surface area contributed by atoms with E-state index in [0.29, 0.717) is 18.5 Å². The number of rotatable bonds is 2. The maximum Gasteiger partial charge on any atom is 0.233 e. The van der Waals surface area contributed by atoms with Crippen LogP contribution < -0.4 is 5.32 Å². The van der Waals surface area contributed by atoms with Crippen molar-refractivity contribution < 1.29 is 9.59 Å². The molecule has 1 atom stereocenters. The zero-order valence-corrected chi connectivity index (χ0v) is 10.0. The van der Waals surface area contributed by atoms with E-state index >= 15 is 0 Å². The van der Waals surface area contributed by atoms with Gasteiger partial charge in [0.15, 0.2) is 5.78 Å². The van der Waals surface area contributed by atoms with E-state index in [0.717, 1.165) is 12.8 Å². The Bertz CT molecular complexity index is 427. The Morgan fingerprint density at radius 2 is 1.94 bits per heavy atom. The van der Waals surface area contributed by atoms with Gasteiger partial charge in [0.1, 0.15) is 5.41 Å². The minimum atomic E-state index is -0.905. The molecule has 1 aromatic carbocycles. The first-order chi connectivity index (χ1) is 8.14. The van der Waals surface area contributed by atoms with Gasteiger partial charge in [0.05, 0.1) is 0 Å². The van der Waals surface area contributed by atoms with Crippen LogP contribution in [0.2, 0.25) is 0 Å². The van der Waals surface area contributed by atoms with E-state index in [9.17, 15) is 9.59 Å². The second kappa shape index (κ2) is 4.70. The summed E-state index contributed by atoms with van der Waals surface area (Å²) in [5.74, 6) is -0.207. The van der Waals surface area contributed by atoms with Gasteiger partial charge in [0.2, 0.25) is 5.91 Å². The van der Waals surface area contributed by atoms with Crippen LogP contribution in [-0.4, -0.2) is 18.2 Å². The summed E-state index contributed by atoms with van der Waals surface area (Å²) in [6, 6.07) is 9.06. The summed E-state index contributed by atoms with van der Waals surface area (Å²) in [7, 11) is 0. The highest BCUT2D eigenvalue weighted by Crippen LogP contribution is 2.30. The molecule has 1 saturated heterocycles. The van der Waals surface area contributed by atoms with E-state index in [1.54, 1.807) is 19.1 Å². The van der Waals surface area contributed by atoms with Gasteiger partial charge in [-0.15, -0.1) is 0 Å². The molecule has 0 saturated carbocycles. The molecule has 1 fully saturated rings.